The van der Waals surface area contributed by atoms with Gasteiger partial charge in [0.15, 0.2) is 0 Å². The molecule has 9 nitrogen and oxygen atoms in total. The molecule has 1 saturated heterocycles. The lowest BCUT2D eigenvalue weighted by molar-refractivity contribution is -0.139. The lowest BCUT2D eigenvalue weighted by Crippen LogP contribution is -2.43. The van der Waals surface area contributed by atoms with Crippen LogP contribution in [0, 0.1) is 5.92 Å². The number of esters is 1. The van der Waals surface area contributed by atoms with E-state index in [0.717, 1.165) is 6.42 Å². The van der Waals surface area contributed by atoms with Gasteiger partial charge in [-0.1, -0.05) is 0 Å². The summed E-state index contributed by atoms with van der Waals surface area (Å²) >= 11 is 0. The second-order valence-corrected chi connectivity index (χ2v) is 6.93. The average Bonchev–Trinajstić information content (AvgIpc) is 3.32. The fourth-order valence-electron chi connectivity index (χ4n) is 3.22. The molecular weight excluding hydrogens is 390 g/mol. The first kappa shape index (κ1) is 21.1. The normalized spacial score (nSPS) is 15.9. The number of hydrogen-bond donors (Lipinski definition) is 2. The summed E-state index contributed by atoms with van der Waals surface area (Å²) in [5.74, 6) is -1.61. The van der Waals surface area contributed by atoms with Crippen molar-refractivity contribution in [2.45, 2.75) is 12.8 Å². The molecular formula is C21H23N3O6. The molecule has 1 aromatic carbocycles. The Morgan fingerprint density at radius 2 is 1.90 bits per heavy atom. The zero-order chi connectivity index (χ0) is 21.5. The lowest BCUT2D eigenvalue weighted by atomic mass is 9.96. The zero-order valence-electron chi connectivity index (χ0n) is 16.6. The fraction of sp³-hybridized carbons (Fsp3) is 0.333. The predicted molar refractivity (Wildman–Crippen MR) is 107 cm³/mol. The van der Waals surface area contributed by atoms with Crippen LogP contribution in [0.1, 0.15) is 33.6 Å². The maximum absolute atomic E-state index is 12.7. The smallest absolute Gasteiger partial charge is 0.325 e. The van der Waals surface area contributed by atoms with Gasteiger partial charge in [-0.25, -0.2) is 0 Å². The molecule has 2 N–H and O–H groups in total. The number of nitrogens with one attached hydrogen (secondary N) is 2. The Labute approximate surface area is 173 Å². The summed E-state index contributed by atoms with van der Waals surface area (Å²) in [5.41, 5.74) is 1.37. The van der Waals surface area contributed by atoms with Crippen molar-refractivity contribution in [1.82, 2.24) is 10.2 Å². The molecule has 0 aliphatic carbocycles. The Balaban J connectivity index is 1.54. The van der Waals surface area contributed by atoms with Gasteiger partial charge in [-0.15, -0.1) is 0 Å². The number of nitrogens with zero attached hydrogens (tertiary/aromatic N) is 1. The Morgan fingerprint density at radius 3 is 2.57 bits per heavy atom. The molecule has 30 heavy (non-hydrogen) atoms. The van der Waals surface area contributed by atoms with E-state index in [1.165, 1.54) is 19.6 Å². The molecule has 0 radical (unpaired) electrons. The molecule has 0 bridgehead atoms. The molecule has 3 amide bonds. The Kier molecular flexibility index (Phi) is 6.84. The van der Waals surface area contributed by atoms with Gasteiger partial charge in [-0.3, -0.25) is 19.2 Å². The maximum atomic E-state index is 12.7. The van der Waals surface area contributed by atoms with E-state index in [-0.39, 0.29) is 24.3 Å². The van der Waals surface area contributed by atoms with Crippen molar-refractivity contribution in [2.24, 2.45) is 5.92 Å². The van der Waals surface area contributed by atoms with Crippen molar-refractivity contribution in [3.8, 4) is 0 Å². The van der Waals surface area contributed by atoms with E-state index >= 15 is 0 Å². The van der Waals surface area contributed by atoms with Gasteiger partial charge in [-0.05, 0) is 43.2 Å². The van der Waals surface area contributed by atoms with Gasteiger partial charge in [0.25, 0.3) is 11.8 Å². The average molecular weight is 413 g/mol. The number of benzene rings is 1. The highest BCUT2D eigenvalue weighted by molar-refractivity contribution is 5.98. The molecule has 1 fully saturated rings. The van der Waals surface area contributed by atoms with Crippen LogP contribution in [0.3, 0.4) is 0 Å². The summed E-state index contributed by atoms with van der Waals surface area (Å²) in [6, 6.07) is 7.94. The molecule has 9 heteroatoms. The minimum Gasteiger partial charge on any atom is -0.472 e. The van der Waals surface area contributed by atoms with Gasteiger partial charge in [-0.2, -0.15) is 0 Å². The number of likely N-dealkylation sites (tertiary alicyclic amines) is 1. The van der Waals surface area contributed by atoms with E-state index in [2.05, 4.69) is 15.4 Å². The molecule has 1 unspecified atom stereocenters. The van der Waals surface area contributed by atoms with Crippen molar-refractivity contribution >= 4 is 29.4 Å². The van der Waals surface area contributed by atoms with E-state index in [0.29, 0.717) is 36.3 Å². The van der Waals surface area contributed by atoms with Crippen LogP contribution in [0.25, 0.3) is 0 Å². The SMILES string of the molecule is COC(=O)CNC(=O)c1ccc(NC(=O)C2CCCN(C(=O)c3ccoc3)C2)cc1. The number of amides is 3. The quantitative estimate of drug-likeness (QED) is 0.696. The van der Waals surface area contributed by atoms with E-state index in [1.807, 2.05) is 0 Å². The second kappa shape index (κ2) is 9.73. The highest BCUT2D eigenvalue weighted by atomic mass is 16.5. The van der Waals surface area contributed by atoms with E-state index in [4.69, 9.17) is 4.42 Å². The monoisotopic (exact) mass is 413 g/mol. The van der Waals surface area contributed by atoms with Crippen molar-refractivity contribution in [3.05, 3.63) is 54.0 Å². The maximum Gasteiger partial charge on any atom is 0.325 e. The second-order valence-electron chi connectivity index (χ2n) is 6.93. The molecule has 2 heterocycles. The zero-order valence-corrected chi connectivity index (χ0v) is 16.6. The van der Waals surface area contributed by atoms with Crippen LogP contribution in [0.4, 0.5) is 5.69 Å². The van der Waals surface area contributed by atoms with Crippen LogP contribution in [0.2, 0.25) is 0 Å². The van der Waals surface area contributed by atoms with Crippen LogP contribution in [-0.2, 0) is 14.3 Å². The number of anilines is 1. The van der Waals surface area contributed by atoms with Gasteiger partial charge in [0.05, 0.1) is 24.9 Å². The Morgan fingerprint density at radius 1 is 1.13 bits per heavy atom. The topological polar surface area (TPSA) is 118 Å². The number of carbonyl (C=O) groups is 4. The minimum absolute atomic E-state index is 0.149. The third-order valence-corrected chi connectivity index (χ3v) is 4.88. The molecule has 0 saturated carbocycles. The first-order valence-corrected chi connectivity index (χ1v) is 9.55. The van der Waals surface area contributed by atoms with Gasteiger partial charge in [0.1, 0.15) is 12.8 Å². The van der Waals surface area contributed by atoms with Crippen molar-refractivity contribution in [2.75, 3.05) is 32.1 Å². The van der Waals surface area contributed by atoms with Crippen LogP contribution < -0.4 is 10.6 Å². The van der Waals surface area contributed by atoms with Gasteiger partial charge < -0.3 is 24.7 Å². The summed E-state index contributed by atoms with van der Waals surface area (Å²) in [6.45, 7) is 0.719. The molecule has 2 aromatic rings. The summed E-state index contributed by atoms with van der Waals surface area (Å²) in [6.07, 6.45) is 4.27. The first-order chi connectivity index (χ1) is 14.5. The van der Waals surface area contributed by atoms with Crippen LogP contribution in [0.5, 0.6) is 0 Å². The van der Waals surface area contributed by atoms with Gasteiger partial charge >= 0.3 is 5.97 Å². The molecule has 1 aliphatic heterocycles. The van der Waals surface area contributed by atoms with E-state index in [9.17, 15) is 19.2 Å². The summed E-state index contributed by atoms with van der Waals surface area (Å²) in [5, 5.41) is 5.27. The number of rotatable bonds is 6. The summed E-state index contributed by atoms with van der Waals surface area (Å²) in [7, 11) is 1.24. The molecule has 158 valence electrons. The largest absolute Gasteiger partial charge is 0.472 e. The molecule has 1 aromatic heterocycles. The van der Waals surface area contributed by atoms with E-state index in [1.54, 1.807) is 35.2 Å². The minimum atomic E-state index is -0.542. The van der Waals surface area contributed by atoms with Crippen molar-refractivity contribution < 1.29 is 28.3 Å². The highest BCUT2D eigenvalue weighted by Gasteiger charge is 2.29. The highest BCUT2D eigenvalue weighted by Crippen LogP contribution is 2.21. The molecule has 1 atom stereocenters. The lowest BCUT2D eigenvalue weighted by Gasteiger charge is -2.31. The first-order valence-electron chi connectivity index (χ1n) is 9.55. The number of furan rings is 1. The molecule has 1 aliphatic rings. The predicted octanol–water partition coefficient (Wildman–Crippen LogP) is 1.67. The summed E-state index contributed by atoms with van der Waals surface area (Å²) < 4.78 is 9.43. The molecule has 0 spiro atoms. The standard InChI is InChI=1S/C21H23N3O6/c1-29-18(25)11-22-19(26)14-4-6-17(7-5-14)23-20(27)15-3-2-9-24(12-15)21(28)16-8-10-30-13-16/h4-8,10,13,15H,2-3,9,11-12H2,1H3,(H,22,26)(H,23,27). The summed E-state index contributed by atoms with van der Waals surface area (Å²) in [4.78, 5) is 49.9. The van der Waals surface area contributed by atoms with Crippen LogP contribution in [-0.4, -0.2) is 55.3 Å². The molecule has 3 rings (SSSR count). The Bertz CT molecular complexity index is 907. The number of piperidine rings is 1. The van der Waals surface area contributed by atoms with Crippen LogP contribution in [0.15, 0.2) is 47.3 Å². The van der Waals surface area contributed by atoms with Gasteiger partial charge in [0, 0.05) is 24.3 Å². The van der Waals surface area contributed by atoms with Crippen LogP contribution >= 0.6 is 0 Å². The number of hydrogen-bond acceptors (Lipinski definition) is 6. The van der Waals surface area contributed by atoms with E-state index < -0.39 is 11.9 Å². The number of methoxy groups -OCH3 is 1. The van der Waals surface area contributed by atoms with Crippen molar-refractivity contribution in [3.63, 3.8) is 0 Å². The number of carbonyl (C=O) groups excluding carboxylic acids is 4. The fourth-order valence-corrected chi connectivity index (χ4v) is 3.22. The van der Waals surface area contributed by atoms with Gasteiger partial charge in [0.2, 0.25) is 5.91 Å². The van der Waals surface area contributed by atoms with Crippen molar-refractivity contribution in [1.29, 1.82) is 0 Å². The third-order valence-electron chi connectivity index (χ3n) is 4.88. The Hall–Kier alpha value is -3.62. The number of ether oxygens (including phenoxy) is 1. The third kappa shape index (κ3) is 5.25.